The summed E-state index contributed by atoms with van der Waals surface area (Å²) in [6, 6.07) is 11.4. The summed E-state index contributed by atoms with van der Waals surface area (Å²) < 4.78 is 0. The lowest BCUT2D eigenvalue weighted by Crippen LogP contribution is -2.31. The predicted molar refractivity (Wildman–Crippen MR) is 108 cm³/mol. The number of nitrogens with zero attached hydrogens (tertiary/aromatic N) is 4. The third-order valence-electron chi connectivity index (χ3n) is 5.16. The van der Waals surface area contributed by atoms with Crippen molar-refractivity contribution in [3.8, 4) is 12.1 Å². The molecule has 0 bridgehead atoms. The number of para-hydroxylation sites is 1. The summed E-state index contributed by atoms with van der Waals surface area (Å²) in [4.78, 5) is 31.0. The van der Waals surface area contributed by atoms with Gasteiger partial charge in [-0.25, -0.2) is 9.88 Å². The van der Waals surface area contributed by atoms with Crippen molar-refractivity contribution < 1.29 is 9.59 Å². The van der Waals surface area contributed by atoms with Crippen molar-refractivity contribution in [2.45, 2.75) is 42.4 Å². The molecule has 1 saturated carbocycles. The average molecular weight is 403 g/mol. The van der Waals surface area contributed by atoms with Crippen LogP contribution < -0.4 is 10.6 Å². The summed E-state index contributed by atoms with van der Waals surface area (Å²) in [6.45, 7) is 1.84. The van der Waals surface area contributed by atoms with Crippen molar-refractivity contribution in [3.63, 3.8) is 0 Å². The number of carbonyl (C=O) groups excluding carboxylic acids is 2. The van der Waals surface area contributed by atoms with Crippen molar-refractivity contribution in [2.24, 2.45) is 0 Å². The topological polar surface area (TPSA) is 124 Å². The molecule has 2 fully saturated rings. The quantitative estimate of drug-likeness (QED) is 0.778. The number of hydrogen-bond acceptors (Lipinski definition) is 7. The monoisotopic (exact) mass is 403 g/mol. The number of imide groups is 1. The van der Waals surface area contributed by atoms with Crippen LogP contribution in [0.1, 0.15) is 47.4 Å². The van der Waals surface area contributed by atoms with Crippen molar-refractivity contribution in [2.75, 3.05) is 10.6 Å². The first-order valence-electron chi connectivity index (χ1n) is 9.18. The minimum absolute atomic E-state index is 0.0169. The standard InChI is InChI=1S/C21H17N5O2S/c1-11-4-2-3-5-15(11)26-17(27)8-16(21(26)28)29-20-14(10-23)18(12-6-7-12)13(9-22)19(24)25-20/h2-5,12,16H,6-8H2,1H3,(H2,24,25). The van der Waals surface area contributed by atoms with Crippen molar-refractivity contribution in [1.29, 1.82) is 10.5 Å². The SMILES string of the molecule is Cc1ccccc1N1C(=O)CC(Sc2nc(N)c(C#N)c(C3CC3)c2C#N)C1=O. The van der Waals surface area contributed by atoms with Crippen molar-refractivity contribution >= 4 is 35.1 Å². The number of thioether (sulfide) groups is 1. The van der Waals surface area contributed by atoms with Crippen molar-refractivity contribution in [3.05, 3.63) is 46.5 Å². The van der Waals surface area contributed by atoms with E-state index in [0.29, 0.717) is 16.3 Å². The van der Waals surface area contributed by atoms with Gasteiger partial charge in [0.15, 0.2) is 0 Å². The van der Waals surface area contributed by atoms with Gasteiger partial charge >= 0.3 is 0 Å². The highest BCUT2D eigenvalue weighted by Gasteiger charge is 2.42. The van der Waals surface area contributed by atoms with Gasteiger partial charge in [-0.05, 0) is 42.9 Å². The number of aryl methyl sites for hydroxylation is 1. The zero-order valence-electron chi connectivity index (χ0n) is 15.7. The number of carbonyl (C=O) groups is 2. The zero-order chi connectivity index (χ0) is 20.7. The fourth-order valence-electron chi connectivity index (χ4n) is 3.59. The molecule has 1 saturated heterocycles. The first-order chi connectivity index (χ1) is 14.0. The number of benzene rings is 1. The molecule has 2 aromatic rings. The lowest BCUT2D eigenvalue weighted by atomic mass is 10.0. The molecule has 7 nitrogen and oxygen atoms in total. The molecule has 4 rings (SSSR count). The third-order valence-corrected chi connectivity index (χ3v) is 6.33. The number of rotatable bonds is 4. The second kappa shape index (κ2) is 7.23. The Kier molecular flexibility index (Phi) is 4.73. The highest BCUT2D eigenvalue weighted by atomic mass is 32.2. The van der Waals surface area contributed by atoms with Crippen LogP contribution in [0.3, 0.4) is 0 Å². The molecule has 29 heavy (non-hydrogen) atoms. The maximum Gasteiger partial charge on any atom is 0.247 e. The average Bonchev–Trinajstić information content (AvgIpc) is 3.49. The number of aromatic nitrogens is 1. The third kappa shape index (κ3) is 3.22. The number of hydrogen-bond donors (Lipinski definition) is 1. The van der Waals surface area contributed by atoms with E-state index in [4.69, 9.17) is 5.73 Å². The summed E-state index contributed by atoms with van der Waals surface area (Å²) in [5.74, 6) is -0.447. The van der Waals surface area contributed by atoms with Gasteiger partial charge in [-0.2, -0.15) is 10.5 Å². The normalized spacial score (nSPS) is 18.6. The van der Waals surface area contributed by atoms with E-state index in [2.05, 4.69) is 17.1 Å². The molecule has 0 radical (unpaired) electrons. The van der Waals surface area contributed by atoms with Crippen molar-refractivity contribution in [1.82, 2.24) is 4.98 Å². The minimum atomic E-state index is -0.693. The smallest absolute Gasteiger partial charge is 0.247 e. The molecule has 0 spiro atoms. The molecular weight excluding hydrogens is 386 g/mol. The summed E-state index contributed by atoms with van der Waals surface area (Å²) in [5, 5.41) is 18.8. The molecule has 1 aromatic heterocycles. The Morgan fingerprint density at radius 3 is 2.48 bits per heavy atom. The molecule has 2 amide bonds. The summed E-state index contributed by atoms with van der Waals surface area (Å²) in [5.41, 5.74) is 8.52. The van der Waals surface area contributed by atoms with Crippen LogP contribution in [-0.2, 0) is 9.59 Å². The van der Waals surface area contributed by atoms with E-state index < -0.39 is 5.25 Å². The second-order valence-corrected chi connectivity index (χ2v) is 8.32. The van der Waals surface area contributed by atoms with Crippen LogP contribution in [0.15, 0.2) is 29.3 Å². The Morgan fingerprint density at radius 1 is 1.17 bits per heavy atom. The van der Waals surface area contributed by atoms with E-state index >= 15 is 0 Å². The lowest BCUT2D eigenvalue weighted by molar-refractivity contribution is -0.121. The minimum Gasteiger partial charge on any atom is -0.383 e. The predicted octanol–water partition coefficient (Wildman–Crippen LogP) is 3.02. The van der Waals surface area contributed by atoms with Crippen LogP contribution in [0, 0.1) is 29.6 Å². The number of amides is 2. The lowest BCUT2D eigenvalue weighted by Gasteiger charge is -2.17. The van der Waals surface area contributed by atoms with E-state index in [1.54, 1.807) is 12.1 Å². The molecule has 1 aromatic carbocycles. The first kappa shape index (κ1) is 19.0. The number of pyridine rings is 1. The Hall–Kier alpha value is -3.36. The number of nitriles is 2. The van der Waals surface area contributed by atoms with Gasteiger partial charge in [0.2, 0.25) is 11.8 Å². The van der Waals surface area contributed by atoms with E-state index in [1.807, 2.05) is 19.1 Å². The van der Waals surface area contributed by atoms with Gasteiger partial charge < -0.3 is 5.73 Å². The number of anilines is 2. The van der Waals surface area contributed by atoms with Crippen LogP contribution >= 0.6 is 11.8 Å². The molecule has 1 unspecified atom stereocenters. The Labute approximate surface area is 172 Å². The van der Waals surface area contributed by atoms with Crippen LogP contribution in [0.4, 0.5) is 11.5 Å². The molecule has 2 N–H and O–H groups in total. The fraction of sp³-hybridized carbons (Fsp3) is 0.286. The van der Waals surface area contributed by atoms with Crippen LogP contribution in [0.25, 0.3) is 0 Å². The van der Waals surface area contributed by atoms with Gasteiger partial charge in [0.05, 0.1) is 22.1 Å². The Bertz CT molecular complexity index is 1130. The van der Waals surface area contributed by atoms with Gasteiger partial charge in [0, 0.05) is 6.42 Å². The van der Waals surface area contributed by atoms with Gasteiger partial charge in [-0.1, -0.05) is 30.0 Å². The Morgan fingerprint density at radius 2 is 1.86 bits per heavy atom. The molecule has 2 heterocycles. The van der Waals surface area contributed by atoms with Crippen LogP contribution in [0.2, 0.25) is 0 Å². The van der Waals surface area contributed by atoms with Gasteiger partial charge in [-0.15, -0.1) is 0 Å². The summed E-state index contributed by atoms with van der Waals surface area (Å²) in [6.07, 6.45) is 1.79. The molecule has 1 atom stereocenters. The number of nitrogens with two attached hydrogens (primary N) is 1. The van der Waals surface area contributed by atoms with Gasteiger partial charge in [-0.3, -0.25) is 9.59 Å². The van der Waals surface area contributed by atoms with Gasteiger partial charge in [0.1, 0.15) is 23.0 Å². The maximum atomic E-state index is 13.0. The largest absolute Gasteiger partial charge is 0.383 e. The molecular formula is C21H17N5O2S. The van der Waals surface area contributed by atoms with E-state index in [9.17, 15) is 20.1 Å². The highest BCUT2D eigenvalue weighted by molar-refractivity contribution is 8.00. The van der Waals surface area contributed by atoms with Crippen LogP contribution in [0.5, 0.6) is 0 Å². The molecule has 144 valence electrons. The van der Waals surface area contributed by atoms with Crippen LogP contribution in [-0.4, -0.2) is 22.0 Å². The number of nitrogen functional groups attached to an aromatic ring is 1. The van der Waals surface area contributed by atoms with E-state index in [0.717, 1.165) is 30.2 Å². The van der Waals surface area contributed by atoms with E-state index in [-0.39, 0.29) is 41.1 Å². The van der Waals surface area contributed by atoms with Gasteiger partial charge in [0.25, 0.3) is 0 Å². The maximum absolute atomic E-state index is 13.0. The Balaban J connectivity index is 1.70. The highest BCUT2D eigenvalue weighted by Crippen LogP contribution is 2.47. The summed E-state index contributed by atoms with van der Waals surface area (Å²) in [7, 11) is 0. The molecule has 1 aliphatic carbocycles. The zero-order valence-corrected chi connectivity index (χ0v) is 16.5. The van der Waals surface area contributed by atoms with E-state index in [1.165, 1.54) is 4.90 Å². The molecule has 8 heteroatoms. The molecule has 1 aliphatic heterocycles. The first-order valence-corrected chi connectivity index (χ1v) is 10.1. The molecule has 2 aliphatic rings. The second-order valence-electron chi connectivity index (χ2n) is 7.13. The fourth-order valence-corrected chi connectivity index (χ4v) is 4.71. The summed E-state index contributed by atoms with van der Waals surface area (Å²) >= 11 is 1.08.